The highest BCUT2D eigenvalue weighted by Gasteiger charge is 2.30. The Bertz CT molecular complexity index is 704. The van der Waals surface area contributed by atoms with E-state index < -0.39 is 0 Å². The van der Waals surface area contributed by atoms with E-state index in [4.69, 9.17) is 4.42 Å². The van der Waals surface area contributed by atoms with Crippen molar-refractivity contribution in [1.82, 2.24) is 20.0 Å². The van der Waals surface area contributed by atoms with Gasteiger partial charge in [-0.3, -0.25) is 9.48 Å². The standard InChI is InChI=1S/C14H19N5O2S/c1-7-11(8(2)19(4)18-7)15-12(20)9(3)22-14-17-16-13(21-14)10-5-6-10/h9-10H,5-6H2,1-4H3,(H,15,20)/t9-/m0/s1. The first-order valence-corrected chi connectivity index (χ1v) is 8.14. The normalized spacial score (nSPS) is 15.8. The highest BCUT2D eigenvalue weighted by Crippen LogP contribution is 2.40. The Kier molecular flexibility index (Phi) is 3.94. The molecule has 2 aromatic rings. The monoisotopic (exact) mass is 321 g/mol. The summed E-state index contributed by atoms with van der Waals surface area (Å²) in [6.45, 7) is 5.62. The summed E-state index contributed by atoms with van der Waals surface area (Å²) >= 11 is 1.28. The molecule has 0 aliphatic heterocycles. The van der Waals surface area contributed by atoms with Gasteiger partial charge in [0.1, 0.15) is 0 Å². The zero-order valence-corrected chi connectivity index (χ0v) is 13.9. The van der Waals surface area contributed by atoms with Crippen molar-refractivity contribution in [3.63, 3.8) is 0 Å². The minimum atomic E-state index is -0.327. The van der Waals surface area contributed by atoms with E-state index in [9.17, 15) is 4.79 Å². The van der Waals surface area contributed by atoms with Gasteiger partial charge in [-0.1, -0.05) is 11.8 Å². The number of carbonyl (C=O) groups is 1. The topological polar surface area (TPSA) is 85.8 Å². The molecule has 2 heterocycles. The fourth-order valence-corrected chi connectivity index (χ4v) is 2.84. The molecule has 0 spiro atoms. The van der Waals surface area contributed by atoms with E-state index in [1.165, 1.54) is 11.8 Å². The lowest BCUT2D eigenvalue weighted by Crippen LogP contribution is -2.23. The second kappa shape index (κ2) is 5.75. The van der Waals surface area contributed by atoms with Crippen molar-refractivity contribution in [3.8, 4) is 0 Å². The molecular weight excluding hydrogens is 302 g/mol. The fourth-order valence-electron chi connectivity index (χ4n) is 2.15. The van der Waals surface area contributed by atoms with Gasteiger partial charge >= 0.3 is 0 Å². The van der Waals surface area contributed by atoms with Gasteiger partial charge in [-0.15, -0.1) is 10.2 Å². The molecule has 1 aliphatic rings. The number of hydrogen-bond acceptors (Lipinski definition) is 6. The summed E-state index contributed by atoms with van der Waals surface area (Å²) in [4.78, 5) is 12.3. The molecule has 7 nitrogen and oxygen atoms in total. The van der Waals surface area contributed by atoms with E-state index in [2.05, 4.69) is 20.6 Å². The molecule has 0 aromatic carbocycles. The van der Waals surface area contributed by atoms with Gasteiger partial charge in [0, 0.05) is 13.0 Å². The number of aromatic nitrogens is 4. The highest BCUT2D eigenvalue weighted by molar-refractivity contribution is 8.00. The van der Waals surface area contributed by atoms with Gasteiger partial charge in [-0.2, -0.15) is 5.10 Å². The van der Waals surface area contributed by atoms with Crippen molar-refractivity contribution in [1.29, 1.82) is 0 Å². The zero-order valence-electron chi connectivity index (χ0n) is 13.1. The van der Waals surface area contributed by atoms with Crippen molar-refractivity contribution in [3.05, 3.63) is 17.3 Å². The maximum Gasteiger partial charge on any atom is 0.277 e. The minimum absolute atomic E-state index is 0.102. The Morgan fingerprint density at radius 3 is 2.73 bits per heavy atom. The fraction of sp³-hybridized carbons (Fsp3) is 0.571. The van der Waals surface area contributed by atoms with E-state index in [1.807, 2.05) is 27.8 Å². The summed E-state index contributed by atoms with van der Waals surface area (Å²) in [6.07, 6.45) is 2.23. The Balaban J connectivity index is 1.63. The van der Waals surface area contributed by atoms with Crippen molar-refractivity contribution >= 4 is 23.4 Å². The second-order valence-corrected chi connectivity index (χ2v) is 6.89. The van der Waals surface area contributed by atoms with Gasteiger partial charge < -0.3 is 9.73 Å². The van der Waals surface area contributed by atoms with E-state index in [1.54, 1.807) is 4.68 Å². The lowest BCUT2D eigenvalue weighted by molar-refractivity contribution is -0.115. The Hall–Kier alpha value is -1.83. The maximum atomic E-state index is 12.3. The summed E-state index contributed by atoms with van der Waals surface area (Å²) in [5.74, 6) is 1.01. The largest absolute Gasteiger partial charge is 0.416 e. The molecule has 1 N–H and O–H groups in total. The molecular formula is C14H19N5O2S. The minimum Gasteiger partial charge on any atom is -0.416 e. The number of aryl methyl sites for hydroxylation is 2. The van der Waals surface area contributed by atoms with Gasteiger partial charge in [0.2, 0.25) is 11.8 Å². The predicted molar refractivity (Wildman–Crippen MR) is 82.9 cm³/mol. The number of nitrogens with zero attached hydrogens (tertiary/aromatic N) is 4. The molecule has 0 saturated heterocycles. The number of rotatable bonds is 5. The van der Waals surface area contributed by atoms with Gasteiger partial charge in [0.25, 0.3) is 5.22 Å². The summed E-state index contributed by atoms with van der Waals surface area (Å²) < 4.78 is 7.33. The van der Waals surface area contributed by atoms with Crippen LogP contribution in [0.3, 0.4) is 0 Å². The van der Waals surface area contributed by atoms with Gasteiger partial charge in [-0.25, -0.2) is 0 Å². The van der Waals surface area contributed by atoms with Crippen LogP contribution in [0, 0.1) is 13.8 Å². The van der Waals surface area contributed by atoms with Crippen LogP contribution in [0.2, 0.25) is 0 Å². The quantitative estimate of drug-likeness (QED) is 0.851. The third kappa shape index (κ3) is 3.01. The second-order valence-electron chi connectivity index (χ2n) is 5.60. The van der Waals surface area contributed by atoms with Crippen molar-refractivity contribution < 1.29 is 9.21 Å². The molecule has 1 atom stereocenters. The van der Waals surface area contributed by atoms with Crippen LogP contribution in [0.25, 0.3) is 0 Å². The highest BCUT2D eigenvalue weighted by atomic mass is 32.2. The first-order chi connectivity index (χ1) is 10.5. The molecule has 1 fully saturated rings. The third-order valence-corrected chi connectivity index (χ3v) is 4.69. The number of thioether (sulfide) groups is 1. The summed E-state index contributed by atoms with van der Waals surface area (Å²) in [5.41, 5.74) is 2.50. The molecule has 0 unspecified atom stereocenters. The third-order valence-electron chi connectivity index (χ3n) is 3.75. The Morgan fingerprint density at radius 2 is 2.14 bits per heavy atom. The van der Waals surface area contributed by atoms with Crippen molar-refractivity contribution in [2.24, 2.45) is 7.05 Å². The molecule has 1 saturated carbocycles. The van der Waals surface area contributed by atoms with E-state index in [0.29, 0.717) is 17.0 Å². The number of carbonyl (C=O) groups excluding carboxylic acids is 1. The molecule has 1 aliphatic carbocycles. The van der Waals surface area contributed by atoms with Crippen molar-refractivity contribution in [2.75, 3.05) is 5.32 Å². The Labute approximate surface area is 132 Å². The van der Waals surface area contributed by atoms with Crippen LogP contribution in [-0.4, -0.2) is 31.1 Å². The molecule has 2 aromatic heterocycles. The number of hydrogen-bond donors (Lipinski definition) is 1. The SMILES string of the molecule is Cc1nn(C)c(C)c1NC(=O)[C@H](C)Sc1nnc(C2CC2)o1. The molecule has 0 radical (unpaired) electrons. The number of nitrogens with one attached hydrogen (secondary N) is 1. The average Bonchev–Trinajstić information content (AvgIpc) is 3.18. The molecule has 22 heavy (non-hydrogen) atoms. The van der Waals surface area contributed by atoms with Crippen LogP contribution >= 0.6 is 11.8 Å². The van der Waals surface area contributed by atoms with Crippen LogP contribution in [-0.2, 0) is 11.8 Å². The predicted octanol–water partition coefficient (Wildman–Crippen LogP) is 2.42. The molecule has 3 rings (SSSR count). The van der Waals surface area contributed by atoms with Crippen molar-refractivity contribution in [2.45, 2.75) is 50.0 Å². The average molecular weight is 321 g/mol. The molecule has 0 bridgehead atoms. The van der Waals surface area contributed by atoms with E-state index in [-0.39, 0.29) is 11.2 Å². The summed E-state index contributed by atoms with van der Waals surface area (Å²) in [5, 5.41) is 15.4. The van der Waals surface area contributed by atoms with Crippen LogP contribution in [0.1, 0.15) is 43.0 Å². The summed E-state index contributed by atoms with van der Waals surface area (Å²) in [7, 11) is 1.86. The van der Waals surface area contributed by atoms with Gasteiger partial charge in [0.05, 0.1) is 22.3 Å². The maximum absolute atomic E-state index is 12.3. The van der Waals surface area contributed by atoms with E-state index >= 15 is 0 Å². The molecule has 1 amide bonds. The zero-order chi connectivity index (χ0) is 15.9. The van der Waals surface area contributed by atoms with Crippen LogP contribution in [0.4, 0.5) is 5.69 Å². The smallest absolute Gasteiger partial charge is 0.277 e. The number of anilines is 1. The first-order valence-electron chi connectivity index (χ1n) is 7.27. The molecule has 8 heteroatoms. The lowest BCUT2D eigenvalue weighted by atomic mass is 10.3. The van der Waals surface area contributed by atoms with Crippen LogP contribution in [0.5, 0.6) is 0 Å². The first kappa shape index (κ1) is 15.1. The van der Waals surface area contributed by atoms with E-state index in [0.717, 1.165) is 29.9 Å². The van der Waals surface area contributed by atoms with Crippen LogP contribution < -0.4 is 5.32 Å². The van der Waals surface area contributed by atoms with Gasteiger partial charge in [0.15, 0.2) is 0 Å². The van der Waals surface area contributed by atoms with Gasteiger partial charge in [-0.05, 0) is 33.6 Å². The lowest BCUT2D eigenvalue weighted by Gasteiger charge is -2.10. The van der Waals surface area contributed by atoms with Crippen LogP contribution in [0.15, 0.2) is 9.64 Å². The molecule has 118 valence electrons. The number of amides is 1. The Morgan fingerprint density at radius 1 is 1.41 bits per heavy atom. The summed E-state index contributed by atoms with van der Waals surface area (Å²) in [6, 6.07) is 0.